The van der Waals surface area contributed by atoms with Crippen molar-refractivity contribution in [2.24, 2.45) is 0 Å². The number of nitrogens with one attached hydrogen (secondary N) is 2. The zero-order valence-electron chi connectivity index (χ0n) is 11.5. The van der Waals surface area contributed by atoms with Gasteiger partial charge in [0.15, 0.2) is 5.69 Å². The largest absolute Gasteiger partial charge is 0.476 e. The molecule has 0 saturated carbocycles. The van der Waals surface area contributed by atoms with Crippen LogP contribution in [0.3, 0.4) is 0 Å². The number of hydrogen-bond donors (Lipinski definition) is 2. The Morgan fingerprint density at radius 2 is 2.14 bits per heavy atom. The minimum atomic E-state index is -0.304. The molecule has 0 bridgehead atoms. The van der Waals surface area contributed by atoms with Crippen LogP contribution < -0.4 is 10.1 Å². The number of para-hydroxylation sites is 1. The molecule has 3 aromatic rings. The number of aromatic nitrogens is 3. The predicted octanol–water partition coefficient (Wildman–Crippen LogP) is 2.61. The minimum absolute atomic E-state index is 0.304. The molecule has 6 heteroatoms. The topological polar surface area (TPSA) is 79.9 Å². The van der Waals surface area contributed by atoms with E-state index in [0.717, 1.165) is 10.9 Å². The molecule has 6 nitrogen and oxygen atoms in total. The molecule has 0 fully saturated rings. The van der Waals surface area contributed by atoms with Crippen LogP contribution in [0.4, 0.5) is 5.69 Å². The van der Waals surface area contributed by atoms with Gasteiger partial charge in [0.25, 0.3) is 5.91 Å². The third-order valence-electron chi connectivity index (χ3n) is 2.99. The average Bonchev–Trinajstić information content (AvgIpc) is 2.93. The van der Waals surface area contributed by atoms with Gasteiger partial charge in [-0.25, -0.2) is 4.98 Å². The number of pyridine rings is 1. The van der Waals surface area contributed by atoms with Gasteiger partial charge in [-0.2, -0.15) is 5.10 Å². The number of ether oxygens (including phenoxy) is 1. The van der Waals surface area contributed by atoms with Gasteiger partial charge in [-0.1, -0.05) is 18.2 Å². The number of carbonyl (C=O) groups excluding carboxylic acids is 1. The molecule has 0 aliphatic heterocycles. The highest BCUT2D eigenvalue weighted by Crippen LogP contribution is 2.22. The van der Waals surface area contributed by atoms with Crippen molar-refractivity contribution in [1.29, 1.82) is 0 Å². The summed E-state index contributed by atoms with van der Waals surface area (Å²) in [5.41, 5.74) is 1.69. The van der Waals surface area contributed by atoms with E-state index in [0.29, 0.717) is 23.9 Å². The van der Waals surface area contributed by atoms with Gasteiger partial charge >= 0.3 is 0 Å². The lowest BCUT2D eigenvalue weighted by Gasteiger charge is -2.09. The number of rotatable bonds is 4. The fraction of sp³-hybridized carbons (Fsp3) is 0.133. The first-order valence-corrected chi connectivity index (χ1v) is 6.62. The molecule has 0 spiro atoms. The van der Waals surface area contributed by atoms with Crippen LogP contribution in [0.2, 0.25) is 0 Å². The van der Waals surface area contributed by atoms with Crippen molar-refractivity contribution in [3.8, 4) is 5.88 Å². The molecule has 0 atom stereocenters. The van der Waals surface area contributed by atoms with Crippen molar-refractivity contribution in [2.75, 3.05) is 11.9 Å². The van der Waals surface area contributed by atoms with Gasteiger partial charge in [0.2, 0.25) is 5.88 Å². The lowest BCUT2D eigenvalue weighted by Crippen LogP contribution is -2.14. The maximum Gasteiger partial charge on any atom is 0.276 e. The molecular formula is C15H14N4O2. The Morgan fingerprint density at radius 3 is 3.00 bits per heavy atom. The fourth-order valence-corrected chi connectivity index (χ4v) is 2.06. The van der Waals surface area contributed by atoms with E-state index in [-0.39, 0.29) is 5.91 Å². The van der Waals surface area contributed by atoms with Gasteiger partial charge in [0.1, 0.15) is 5.69 Å². The molecule has 3 rings (SSSR count). The highest BCUT2D eigenvalue weighted by atomic mass is 16.5. The number of carbonyl (C=O) groups is 1. The van der Waals surface area contributed by atoms with E-state index in [1.54, 1.807) is 18.3 Å². The Morgan fingerprint density at radius 1 is 1.29 bits per heavy atom. The molecule has 2 heterocycles. The van der Waals surface area contributed by atoms with Crippen LogP contribution >= 0.6 is 0 Å². The maximum atomic E-state index is 12.4. The summed E-state index contributed by atoms with van der Waals surface area (Å²) in [4.78, 5) is 16.5. The first kappa shape index (κ1) is 13.1. The van der Waals surface area contributed by atoms with Crippen molar-refractivity contribution < 1.29 is 9.53 Å². The second-order valence-corrected chi connectivity index (χ2v) is 4.36. The Kier molecular flexibility index (Phi) is 3.51. The molecule has 1 amide bonds. The standard InChI is InChI=1S/C15H14N4O2/c1-2-21-15-12(8-5-9-16-15)17-14(20)13-10-6-3-4-7-11(10)18-19-13/h3-9H,2H2,1H3,(H,17,20)(H,18,19). The zero-order valence-corrected chi connectivity index (χ0v) is 11.5. The van der Waals surface area contributed by atoms with Crippen molar-refractivity contribution in [3.63, 3.8) is 0 Å². The lowest BCUT2D eigenvalue weighted by atomic mass is 10.2. The Bertz CT molecular complexity index is 782. The summed E-state index contributed by atoms with van der Waals surface area (Å²) in [5, 5.41) is 10.5. The number of hydrogen-bond acceptors (Lipinski definition) is 4. The Hall–Kier alpha value is -2.89. The average molecular weight is 282 g/mol. The van der Waals surface area contributed by atoms with E-state index in [4.69, 9.17) is 4.74 Å². The first-order chi connectivity index (χ1) is 10.3. The van der Waals surface area contributed by atoms with Crippen molar-refractivity contribution in [1.82, 2.24) is 15.2 Å². The summed E-state index contributed by atoms with van der Waals surface area (Å²) >= 11 is 0. The normalized spacial score (nSPS) is 10.5. The van der Waals surface area contributed by atoms with Gasteiger partial charge < -0.3 is 10.1 Å². The molecule has 2 aromatic heterocycles. The van der Waals surface area contributed by atoms with Crippen molar-refractivity contribution in [3.05, 3.63) is 48.3 Å². The summed E-state index contributed by atoms with van der Waals surface area (Å²) in [6, 6.07) is 10.9. The smallest absolute Gasteiger partial charge is 0.276 e. The monoisotopic (exact) mass is 282 g/mol. The summed E-state index contributed by atoms with van der Waals surface area (Å²) < 4.78 is 5.39. The van der Waals surface area contributed by atoms with Crippen molar-refractivity contribution >= 4 is 22.5 Å². The summed E-state index contributed by atoms with van der Waals surface area (Å²) in [6.45, 7) is 2.34. The van der Waals surface area contributed by atoms with Gasteiger partial charge in [0, 0.05) is 11.6 Å². The zero-order chi connectivity index (χ0) is 14.7. The summed E-state index contributed by atoms with van der Waals surface area (Å²) in [6.07, 6.45) is 1.62. The van der Waals surface area contributed by atoms with Gasteiger partial charge in [-0.05, 0) is 25.1 Å². The van der Waals surface area contributed by atoms with E-state index >= 15 is 0 Å². The lowest BCUT2D eigenvalue weighted by molar-refractivity contribution is 0.102. The quantitative estimate of drug-likeness (QED) is 0.770. The van der Waals surface area contributed by atoms with E-state index in [1.165, 1.54) is 0 Å². The van der Waals surface area contributed by atoms with Crippen LogP contribution in [0.5, 0.6) is 5.88 Å². The molecule has 0 aliphatic rings. The number of aromatic amines is 1. The first-order valence-electron chi connectivity index (χ1n) is 6.62. The highest BCUT2D eigenvalue weighted by Gasteiger charge is 2.16. The number of nitrogens with zero attached hydrogens (tertiary/aromatic N) is 2. The molecule has 106 valence electrons. The molecule has 2 N–H and O–H groups in total. The highest BCUT2D eigenvalue weighted by molar-refractivity contribution is 6.11. The maximum absolute atomic E-state index is 12.4. The van der Waals surface area contributed by atoms with Crippen LogP contribution in [0.1, 0.15) is 17.4 Å². The minimum Gasteiger partial charge on any atom is -0.476 e. The third kappa shape index (κ3) is 2.55. The van der Waals surface area contributed by atoms with Crippen LogP contribution in [-0.2, 0) is 0 Å². The van der Waals surface area contributed by atoms with E-state index in [1.807, 2.05) is 31.2 Å². The number of fused-ring (bicyclic) bond motifs is 1. The van der Waals surface area contributed by atoms with Crippen LogP contribution in [0, 0.1) is 0 Å². The second-order valence-electron chi connectivity index (χ2n) is 4.36. The van der Waals surface area contributed by atoms with Crippen LogP contribution in [0.15, 0.2) is 42.6 Å². The second kappa shape index (κ2) is 5.62. The number of amides is 1. The summed E-state index contributed by atoms with van der Waals surface area (Å²) in [5.74, 6) is 0.0922. The third-order valence-corrected chi connectivity index (χ3v) is 2.99. The van der Waals surface area contributed by atoms with Gasteiger partial charge in [-0.15, -0.1) is 0 Å². The van der Waals surface area contributed by atoms with Gasteiger partial charge in [0.05, 0.1) is 12.1 Å². The molecule has 0 aliphatic carbocycles. The Balaban J connectivity index is 1.90. The fourth-order valence-electron chi connectivity index (χ4n) is 2.06. The van der Waals surface area contributed by atoms with Crippen LogP contribution in [0.25, 0.3) is 10.9 Å². The molecule has 1 aromatic carbocycles. The number of benzene rings is 1. The van der Waals surface area contributed by atoms with Gasteiger partial charge in [-0.3, -0.25) is 9.89 Å². The number of H-pyrrole nitrogens is 1. The number of anilines is 1. The molecule has 0 unspecified atom stereocenters. The van der Waals surface area contributed by atoms with Crippen molar-refractivity contribution in [2.45, 2.75) is 6.92 Å². The molecular weight excluding hydrogens is 268 g/mol. The molecule has 0 radical (unpaired) electrons. The SMILES string of the molecule is CCOc1ncccc1NC(=O)c1n[nH]c2ccccc12. The van der Waals surface area contributed by atoms with E-state index in [9.17, 15) is 4.79 Å². The van der Waals surface area contributed by atoms with E-state index in [2.05, 4.69) is 20.5 Å². The van der Waals surface area contributed by atoms with Crippen LogP contribution in [-0.4, -0.2) is 27.7 Å². The molecule has 21 heavy (non-hydrogen) atoms. The Labute approximate surface area is 121 Å². The molecule has 0 saturated heterocycles. The van der Waals surface area contributed by atoms with E-state index < -0.39 is 0 Å². The summed E-state index contributed by atoms with van der Waals surface area (Å²) in [7, 11) is 0. The predicted molar refractivity (Wildman–Crippen MR) is 79.5 cm³/mol.